The van der Waals surface area contributed by atoms with E-state index in [1.54, 1.807) is 6.07 Å². The van der Waals surface area contributed by atoms with Crippen molar-refractivity contribution in [1.29, 1.82) is 0 Å². The van der Waals surface area contributed by atoms with Crippen molar-refractivity contribution >= 4 is 29.6 Å². The van der Waals surface area contributed by atoms with E-state index < -0.39 is 11.9 Å². The molecule has 5 heteroatoms. The van der Waals surface area contributed by atoms with E-state index in [2.05, 4.69) is 0 Å². The Labute approximate surface area is 96.8 Å². The number of carboxylic acids is 2. The van der Waals surface area contributed by atoms with Crippen LogP contribution >= 0.6 is 11.6 Å². The van der Waals surface area contributed by atoms with Gasteiger partial charge < -0.3 is 10.2 Å². The third-order valence-corrected chi connectivity index (χ3v) is 2.19. The first-order valence-electron chi connectivity index (χ1n) is 4.42. The standard InChI is InChI=1S/C11H9ClO4/c12-9-5-1-4-8(11(15)16)7(9)3-2-6-10(13)14/h1-5H,6H2,(H,13,14)(H,15,16). The molecule has 0 radical (unpaired) electrons. The molecule has 1 aromatic rings. The van der Waals surface area contributed by atoms with Gasteiger partial charge >= 0.3 is 11.9 Å². The zero-order chi connectivity index (χ0) is 12.1. The Morgan fingerprint density at radius 2 is 2.00 bits per heavy atom. The van der Waals surface area contributed by atoms with Gasteiger partial charge in [-0.15, -0.1) is 0 Å². The molecule has 0 fully saturated rings. The van der Waals surface area contributed by atoms with Crippen LogP contribution in [-0.4, -0.2) is 22.2 Å². The SMILES string of the molecule is O=C(O)CC=Cc1c(Cl)cccc1C(=O)O. The predicted octanol–water partition coefficient (Wildman–Crippen LogP) is 2.53. The highest BCUT2D eigenvalue weighted by atomic mass is 35.5. The Morgan fingerprint density at radius 3 is 2.56 bits per heavy atom. The van der Waals surface area contributed by atoms with Gasteiger partial charge in [-0.2, -0.15) is 0 Å². The highest BCUT2D eigenvalue weighted by Crippen LogP contribution is 2.21. The van der Waals surface area contributed by atoms with Gasteiger partial charge in [0.25, 0.3) is 0 Å². The van der Waals surface area contributed by atoms with Gasteiger partial charge in [0, 0.05) is 10.6 Å². The number of benzene rings is 1. The van der Waals surface area contributed by atoms with E-state index in [4.69, 9.17) is 21.8 Å². The second kappa shape index (κ2) is 5.32. The summed E-state index contributed by atoms with van der Waals surface area (Å²) in [6.07, 6.45) is 2.58. The van der Waals surface area contributed by atoms with Gasteiger partial charge in [-0.1, -0.05) is 29.8 Å². The van der Waals surface area contributed by atoms with E-state index in [0.717, 1.165) is 0 Å². The molecule has 0 saturated heterocycles. The molecule has 16 heavy (non-hydrogen) atoms. The summed E-state index contributed by atoms with van der Waals surface area (Å²) in [6, 6.07) is 4.49. The molecule has 0 heterocycles. The van der Waals surface area contributed by atoms with Crippen LogP contribution in [0.25, 0.3) is 6.08 Å². The number of rotatable bonds is 4. The summed E-state index contributed by atoms with van der Waals surface area (Å²) in [6.45, 7) is 0. The molecule has 0 saturated carbocycles. The van der Waals surface area contributed by atoms with Gasteiger partial charge in [-0.3, -0.25) is 4.79 Å². The van der Waals surface area contributed by atoms with Crippen LogP contribution in [0.15, 0.2) is 24.3 Å². The molecular weight excluding hydrogens is 232 g/mol. The lowest BCUT2D eigenvalue weighted by Gasteiger charge is -2.02. The van der Waals surface area contributed by atoms with Gasteiger partial charge in [0.15, 0.2) is 0 Å². The molecule has 1 rings (SSSR count). The molecule has 0 aliphatic rings. The van der Waals surface area contributed by atoms with Crippen molar-refractivity contribution in [2.45, 2.75) is 6.42 Å². The van der Waals surface area contributed by atoms with Gasteiger partial charge in [0.2, 0.25) is 0 Å². The zero-order valence-corrected chi connectivity index (χ0v) is 8.94. The summed E-state index contributed by atoms with van der Waals surface area (Å²) in [4.78, 5) is 21.2. The minimum atomic E-state index is -1.10. The van der Waals surface area contributed by atoms with Crippen LogP contribution in [0, 0.1) is 0 Å². The number of carbonyl (C=O) groups is 2. The Balaban J connectivity index is 3.06. The van der Waals surface area contributed by atoms with Gasteiger partial charge in [-0.25, -0.2) is 4.79 Å². The number of aromatic carboxylic acids is 1. The molecule has 0 spiro atoms. The van der Waals surface area contributed by atoms with Gasteiger partial charge in [0.1, 0.15) is 0 Å². The smallest absolute Gasteiger partial charge is 0.336 e. The van der Waals surface area contributed by atoms with Crippen molar-refractivity contribution in [2.24, 2.45) is 0 Å². The molecular formula is C11H9ClO4. The average Bonchev–Trinajstić information content (AvgIpc) is 2.19. The fourth-order valence-electron chi connectivity index (χ4n) is 1.17. The minimum absolute atomic E-state index is 0.0501. The molecule has 0 amide bonds. The lowest BCUT2D eigenvalue weighted by molar-refractivity contribution is -0.135. The molecule has 0 aliphatic heterocycles. The van der Waals surface area contributed by atoms with E-state index in [1.807, 2.05) is 0 Å². The molecule has 4 nitrogen and oxygen atoms in total. The fourth-order valence-corrected chi connectivity index (χ4v) is 1.41. The van der Waals surface area contributed by atoms with Crippen molar-refractivity contribution in [3.05, 3.63) is 40.4 Å². The highest BCUT2D eigenvalue weighted by molar-refractivity contribution is 6.32. The molecule has 0 aromatic heterocycles. The van der Waals surface area contributed by atoms with Crippen LogP contribution in [-0.2, 0) is 4.79 Å². The predicted molar refractivity (Wildman–Crippen MR) is 59.7 cm³/mol. The first-order chi connectivity index (χ1) is 7.52. The minimum Gasteiger partial charge on any atom is -0.481 e. The summed E-state index contributed by atoms with van der Waals surface area (Å²) in [5.74, 6) is -2.09. The maximum absolute atomic E-state index is 10.9. The number of hydrogen-bond donors (Lipinski definition) is 2. The van der Waals surface area contributed by atoms with E-state index >= 15 is 0 Å². The number of hydrogen-bond acceptors (Lipinski definition) is 2. The van der Waals surface area contributed by atoms with Crippen LogP contribution in [0.4, 0.5) is 0 Å². The highest BCUT2D eigenvalue weighted by Gasteiger charge is 2.10. The lowest BCUT2D eigenvalue weighted by atomic mass is 10.1. The monoisotopic (exact) mass is 240 g/mol. The number of aliphatic carboxylic acids is 1. The fraction of sp³-hybridized carbons (Fsp3) is 0.0909. The van der Waals surface area contributed by atoms with Crippen LogP contribution in [0.2, 0.25) is 5.02 Å². The Kier molecular flexibility index (Phi) is 4.08. The Morgan fingerprint density at radius 1 is 1.31 bits per heavy atom. The Hall–Kier alpha value is -1.81. The summed E-state index contributed by atoms with van der Waals surface area (Å²) in [5.41, 5.74) is 0.368. The molecule has 0 aliphatic carbocycles. The molecule has 0 atom stereocenters. The molecule has 0 unspecified atom stereocenters. The first-order valence-corrected chi connectivity index (χ1v) is 4.80. The first kappa shape index (κ1) is 12.3. The third kappa shape index (κ3) is 3.10. The van der Waals surface area contributed by atoms with Gasteiger partial charge in [-0.05, 0) is 12.1 Å². The van der Waals surface area contributed by atoms with Crippen molar-refractivity contribution in [3.63, 3.8) is 0 Å². The van der Waals surface area contributed by atoms with Crippen molar-refractivity contribution in [3.8, 4) is 0 Å². The van der Waals surface area contributed by atoms with Crippen molar-refractivity contribution < 1.29 is 19.8 Å². The largest absolute Gasteiger partial charge is 0.481 e. The van der Waals surface area contributed by atoms with Crippen molar-refractivity contribution in [2.75, 3.05) is 0 Å². The molecule has 84 valence electrons. The van der Waals surface area contributed by atoms with Crippen LogP contribution in [0.5, 0.6) is 0 Å². The summed E-state index contributed by atoms with van der Waals surface area (Å²) in [5, 5.41) is 17.6. The average molecular weight is 241 g/mol. The maximum Gasteiger partial charge on any atom is 0.336 e. The quantitative estimate of drug-likeness (QED) is 0.848. The molecule has 1 aromatic carbocycles. The van der Waals surface area contributed by atoms with E-state index in [1.165, 1.54) is 24.3 Å². The lowest BCUT2D eigenvalue weighted by Crippen LogP contribution is -1.99. The van der Waals surface area contributed by atoms with Crippen molar-refractivity contribution in [1.82, 2.24) is 0 Å². The van der Waals surface area contributed by atoms with E-state index in [0.29, 0.717) is 5.56 Å². The molecule has 2 N–H and O–H groups in total. The van der Waals surface area contributed by atoms with Gasteiger partial charge in [0.05, 0.1) is 12.0 Å². The van der Waals surface area contributed by atoms with Crippen LogP contribution < -0.4 is 0 Å². The van der Waals surface area contributed by atoms with Crippen LogP contribution in [0.1, 0.15) is 22.3 Å². The normalized spacial score (nSPS) is 10.6. The number of halogens is 1. The molecule has 0 bridgehead atoms. The Bertz CT molecular complexity index is 451. The summed E-state index contributed by atoms with van der Waals surface area (Å²) < 4.78 is 0. The van der Waals surface area contributed by atoms with E-state index in [9.17, 15) is 9.59 Å². The van der Waals surface area contributed by atoms with Crippen LogP contribution in [0.3, 0.4) is 0 Å². The topological polar surface area (TPSA) is 74.6 Å². The second-order valence-corrected chi connectivity index (χ2v) is 3.41. The van der Waals surface area contributed by atoms with E-state index in [-0.39, 0.29) is 17.0 Å². The third-order valence-electron chi connectivity index (χ3n) is 1.86. The summed E-state index contributed by atoms with van der Waals surface area (Å²) in [7, 11) is 0. The zero-order valence-electron chi connectivity index (χ0n) is 8.18. The maximum atomic E-state index is 10.9. The second-order valence-electron chi connectivity index (χ2n) is 3.01. The number of carboxylic acid groups (broad SMARTS) is 2. The summed E-state index contributed by atoms with van der Waals surface area (Å²) >= 11 is 5.83.